The standard InChI is InChI=1S/C10H10OS/c1-7-3-2-4-8-5-9(11)6-12-10(7)8/h2-4,6,11H,5H2,1H3. The van der Waals surface area contributed by atoms with Crippen LogP contribution in [-0.2, 0) is 6.42 Å². The second-order valence-electron chi connectivity index (χ2n) is 2.97. The predicted molar refractivity (Wildman–Crippen MR) is 51.5 cm³/mol. The molecule has 2 rings (SSSR count). The van der Waals surface area contributed by atoms with Crippen LogP contribution in [-0.4, -0.2) is 5.11 Å². The highest BCUT2D eigenvalue weighted by molar-refractivity contribution is 8.02. The average Bonchev–Trinajstić information content (AvgIpc) is 2.04. The van der Waals surface area contributed by atoms with Gasteiger partial charge in [-0.15, -0.1) is 0 Å². The molecule has 62 valence electrons. The first-order chi connectivity index (χ1) is 5.77. The molecule has 0 aromatic heterocycles. The predicted octanol–water partition coefficient (Wildman–Crippen LogP) is 3.04. The molecule has 0 aliphatic carbocycles. The molecule has 1 aliphatic heterocycles. The first-order valence-corrected chi connectivity index (χ1v) is 4.78. The molecule has 1 aromatic carbocycles. The van der Waals surface area contributed by atoms with E-state index in [1.54, 1.807) is 11.8 Å². The zero-order valence-corrected chi connectivity index (χ0v) is 7.69. The van der Waals surface area contributed by atoms with Gasteiger partial charge in [0.25, 0.3) is 0 Å². The smallest absolute Gasteiger partial charge is 0.103 e. The van der Waals surface area contributed by atoms with Crippen molar-refractivity contribution >= 4 is 11.8 Å². The lowest BCUT2D eigenvalue weighted by Crippen LogP contribution is -1.97. The molecule has 1 aromatic rings. The molecular formula is C10H10OS. The Balaban J connectivity index is 2.49. The van der Waals surface area contributed by atoms with Crippen molar-refractivity contribution in [3.8, 4) is 0 Å². The van der Waals surface area contributed by atoms with Crippen LogP contribution in [0.5, 0.6) is 0 Å². The topological polar surface area (TPSA) is 20.2 Å². The first-order valence-electron chi connectivity index (χ1n) is 3.90. The van der Waals surface area contributed by atoms with Crippen LogP contribution in [0.25, 0.3) is 0 Å². The van der Waals surface area contributed by atoms with Crippen LogP contribution in [0, 0.1) is 6.92 Å². The number of allylic oxidation sites excluding steroid dienone is 1. The zero-order chi connectivity index (χ0) is 8.55. The van der Waals surface area contributed by atoms with Crippen LogP contribution >= 0.6 is 11.8 Å². The summed E-state index contributed by atoms with van der Waals surface area (Å²) in [6, 6.07) is 6.20. The third-order valence-electron chi connectivity index (χ3n) is 1.98. The quantitative estimate of drug-likeness (QED) is 0.659. The van der Waals surface area contributed by atoms with Crippen molar-refractivity contribution in [1.82, 2.24) is 0 Å². The number of aliphatic hydroxyl groups is 1. The second-order valence-corrected chi connectivity index (χ2v) is 3.85. The summed E-state index contributed by atoms with van der Waals surface area (Å²) in [5.74, 6) is 0.470. The molecule has 2 heteroatoms. The molecule has 0 saturated carbocycles. The lowest BCUT2D eigenvalue weighted by Gasteiger charge is -2.14. The molecule has 0 unspecified atom stereocenters. The number of thioether (sulfide) groups is 1. The Hall–Kier alpha value is -0.890. The van der Waals surface area contributed by atoms with Crippen molar-refractivity contribution in [2.45, 2.75) is 18.2 Å². The molecule has 0 bridgehead atoms. The van der Waals surface area contributed by atoms with Crippen molar-refractivity contribution in [2.75, 3.05) is 0 Å². The fourth-order valence-electron chi connectivity index (χ4n) is 1.38. The van der Waals surface area contributed by atoms with E-state index < -0.39 is 0 Å². The minimum Gasteiger partial charge on any atom is -0.511 e. The molecule has 1 aliphatic rings. The number of aryl methyl sites for hydroxylation is 1. The molecular weight excluding hydrogens is 168 g/mol. The van der Waals surface area contributed by atoms with Gasteiger partial charge in [0, 0.05) is 16.7 Å². The Labute approximate surface area is 76.1 Å². The van der Waals surface area contributed by atoms with Crippen LogP contribution in [0.15, 0.2) is 34.3 Å². The van der Waals surface area contributed by atoms with Gasteiger partial charge in [-0.3, -0.25) is 0 Å². The van der Waals surface area contributed by atoms with Crippen molar-refractivity contribution in [3.05, 3.63) is 40.5 Å². The van der Waals surface area contributed by atoms with Crippen molar-refractivity contribution in [3.63, 3.8) is 0 Å². The summed E-state index contributed by atoms with van der Waals surface area (Å²) in [4.78, 5) is 1.30. The van der Waals surface area contributed by atoms with Gasteiger partial charge < -0.3 is 5.11 Å². The summed E-state index contributed by atoms with van der Waals surface area (Å²) in [6.45, 7) is 2.10. The number of hydrogen-bond donors (Lipinski definition) is 1. The van der Waals surface area contributed by atoms with E-state index in [1.807, 2.05) is 11.5 Å². The van der Waals surface area contributed by atoms with E-state index in [0.717, 1.165) is 0 Å². The summed E-state index contributed by atoms with van der Waals surface area (Å²) in [6.07, 6.45) is 0.685. The second kappa shape index (κ2) is 2.87. The summed E-state index contributed by atoms with van der Waals surface area (Å²) in [5.41, 5.74) is 2.53. The molecule has 12 heavy (non-hydrogen) atoms. The van der Waals surface area contributed by atoms with E-state index in [9.17, 15) is 5.11 Å². The minimum atomic E-state index is 0.470. The summed E-state index contributed by atoms with van der Waals surface area (Å²) in [5, 5.41) is 11.1. The van der Waals surface area contributed by atoms with Crippen LogP contribution in [0.3, 0.4) is 0 Å². The molecule has 0 fully saturated rings. The molecule has 0 atom stereocenters. The number of rotatable bonds is 0. The molecule has 1 N–H and O–H groups in total. The van der Waals surface area contributed by atoms with E-state index in [-0.39, 0.29) is 0 Å². The lowest BCUT2D eigenvalue weighted by atomic mass is 10.1. The maximum absolute atomic E-state index is 9.29. The molecule has 0 spiro atoms. The van der Waals surface area contributed by atoms with Gasteiger partial charge in [-0.05, 0) is 18.1 Å². The summed E-state index contributed by atoms with van der Waals surface area (Å²) < 4.78 is 0. The third-order valence-corrected chi connectivity index (χ3v) is 3.19. The van der Waals surface area contributed by atoms with Gasteiger partial charge in [-0.1, -0.05) is 30.0 Å². The number of aliphatic hydroxyl groups excluding tert-OH is 1. The maximum Gasteiger partial charge on any atom is 0.103 e. The number of hydrogen-bond acceptors (Lipinski definition) is 2. The van der Waals surface area contributed by atoms with Gasteiger partial charge in [0.2, 0.25) is 0 Å². The van der Waals surface area contributed by atoms with E-state index in [2.05, 4.69) is 19.1 Å². The van der Waals surface area contributed by atoms with E-state index in [0.29, 0.717) is 12.2 Å². The van der Waals surface area contributed by atoms with Gasteiger partial charge >= 0.3 is 0 Å². The Kier molecular flexibility index (Phi) is 1.85. The molecule has 1 nitrogen and oxygen atoms in total. The SMILES string of the molecule is Cc1cccc2c1SC=C(O)C2. The fourth-order valence-corrected chi connectivity index (χ4v) is 2.27. The lowest BCUT2D eigenvalue weighted by molar-refractivity contribution is 0.398. The number of benzene rings is 1. The van der Waals surface area contributed by atoms with Crippen molar-refractivity contribution in [1.29, 1.82) is 0 Å². The Bertz CT molecular complexity index is 342. The van der Waals surface area contributed by atoms with Gasteiger partial charge in [0.1, 0.15) is 5.76 Å². The minimum absolute atomic E-state index is 0.470. The molecule has 1 heterocycles. The Morgan fingerprint density at radius 1 is 1.42 bits per heavy atom. The first kappa shape index (κ1) is 7.74. The maximum atomic E-state index is 9.29. The van der Waals surface area contributed by atoms with E-state index in [1.165, 1.54) is 16.0 Å². The highest BCUT2D eigenvalue weighted by Gasteiger charge is 2.11. The van der Waals surface area contributed by atoms with Gasteiger partial charge in [0.05, 0.1) is 0 Å². The van der Waals surface area contributed by atoms with Crippen LogP contribution in [0.4, 0.5) is 0 Å². The van der Waals surface area contributed by atoms with Gasteiger partial charge in [-0.25, -0.2) is 0 Å². The Morgan fingerprint density at radius 3 is 3.08 bits per heavy atom. The summed E-state index contributed by atoms with van der Waals surface area (Å²) in [7, 11) is 0. The van der Waals surface area contributed by atoms with Crippen molar-refractivity contribution in [2.24, 2.45) is 0 Å². The fraction of sp³-hybridized carbons (Fsp3) is 0.200. The highest BCUT2D eigenvalue weighted by atomic mass is 32.2. The van der Waals surface area contributed by atoms with Gasteiger partial charge in [-0.2, -0.15) is 0 Å². The van der Waals surface area contributed by atoms with E-state index >= 15 is 0 Å². The summed E-state index contributed by atoms with van der Waals surface area (Å²) >= 11 is 1.61. The largest absolute Gasteiger partial charge is 0.511 e. The zero-order valence-electron chi connectivity index (χ0n) is 6.87. The van der Waals surface area contributed by atoms with Crippen LogP contribution < -0.4 is 0 Å². The number of fused-ring (bicyclic) bond motifs is 1. The third kappa shape index (κ3) is 1.23. The monoisotopic (exact) mass is 178 g/mol. The molecule has 0 amide bonds. The average molecular weight is 178 g/mol. The van der Waals surface area contributed by atoms with E-state index in [4.69, 9.17) is 0 Å². The van der Waals surface area contributed by atoms with Crippen LogP contribution in [0.1, 0.15) is 11.1 Å². The van der Waals surface area contributed by atoms with Crippen LogP contribution in [0.2, 0.25) is 0 Å². The normalized spacial score (nSPS) is 15.2. The Morgan fingerprint density at radius 2 is 2.25 bits per heavy atom. The molecule has 0 saturated heterocycles. The molecule has 0 radical (unpaired) electrons. The van der Waals surface area contributed by atoms with Gasteiger partial charge in [0.15, 0.2) is 0 Å². The van der Waals surface area contributed by atoms with Crippen molar-refractivity contribution < 1.29 is 5.11 Å². The highest BCUT2D eigenvalue weighted by Crippen LogP contribution is 2.33.